The number of carbonyl (C=O) groups is 2. The van der Waals surface area contributed by atoms with Gasteiger partial charge in [0.1, 0.15) is 11.5 Å². The molecule has 1 heterocycles. The van der Waals surface area contributed by atoms with Crippen LogP contribution in [0, 0.1) is 5.92 Å². The van der Waals surface area contributed by atoms with Crippen molar-refractivity contribution in [2.45, 2.75) is 32.5 Å². The summed E-state index contributed by atoms with van der Waals surface area (Å²) in [7, 11) is 1.44. The highest BCUT2D eigenvalue weighted by Crippen LogP contribution is 2.22. The lowest BCUT2D eigenvalue weighted by Crippen LogP contribution is -2.36. The lowest BCUT2D eigenvalue weighted by molar-refractivity contribution is -0.144. The molecule has 1 aliphatic heterocycles. The van der Waals surface area contributed by atoms with E-state index < -0.39 is 29.7 Å². The van der Waals surface area contributed by atoms with E-state index in [0.29, 0.717) is 0 Å². The van der Waals surface area contributed by atoms with Crippen LogP contribution in [0.1, 0.15) is 20.8 Å². The minimum atomic E-state index is -0.956. The van der Waals surface area contributed by atoms with Crippen molar-refractivity contribution in [3.63, 3.8) is 0 Å². The minimum Gasteiger partial charge on any atom is -0.481 e. The molecule has 1 saturated heterocycles. The third kappa shape index (κ3) is 3.59. The van der Waals surface area contributed by atoms with Crippen molar-refractivity contribution >= 4 is 12.1 Å². The molecule has 0 radical (unpaired) electrons. The average molecular weight is 245 g/mol. The summed E-state index contributed by atoms with van der Waals surface area (Å²) in [6.45, 7) is 5.68. The number of carbonyl (C=O) groups excluding carboxylic acids is 1. The summed E-state index contributed by atoms with van der Waals surface area (Å²) in [5.74, 6) is -1.64. The van der Waals surface area contributed by atoms with Gasteiger partial charge in [0.05, 0.1) is 12.6 Å². The first kappa shape index (κ1) is 13.8. The number of ether oxygens (including phenoxy) is 2. The molecular formula is C11H19NO5. The summed E-state index contributed by atoms with van der Waals surface area (Å²) in [6.07, 6.45) is -0.969. The molecule has 0 spiro atoms. The quantitative estimate of drug-likeness (QED) is 0.784. The smallest absolute Gasteiger partial charge is 0.410 e. The van der Waals surface area contributed by atoms with E-state index in [0.717, 1.165) is 0 Å². The molecule has 1 amide bonds. The number of carboxylic acids is 1. The second-order valence-corrected chi connectivity index (χ2v) is 5.10. The molecule has 2 atom stereocenters. The number of nitrogens with zero attached hydrogens (tertiary/aromatic N) is 1. The van der Waals surface area contributed by atoms with Crippen molar-refractivity contribution in [1.82, 2.24) is 4.90 Å². The summed E-state index contributed by atoms with van der Waals surface area (Å²) in [5, 5.41) is 8.99. The first-order chi connectivity index (χ1) is 7.74. The first-order valence-corrected chi connectivity index (χ1v) is 5.48. The molecule has 17 heavy (non-hydrogen) atoms. The van der Waals surface area contributed by atoms with Crippen LogP contribution in [0.25, 0.3) is 0 Å². The van der Waals surface area contributed by atoms with Crippen LogP contribution >= 0.6 is 0 Å². The van der Waals surface area contributed by atoms with Gasteiger partial charge in [0.2, 0.25) is 0 Å². The predicted molar refractivity (Wildman–Crippen MR) is 59.7 cm³/mol. The van der Waals surface area contributed by atoms with Gasteiger partial charge in [-0.05, 0) is 20.8 Å². The van der Waals surface area contributed by atoms with Crippen molar-refractivity contribution < 1.29 is 24.2 Å². The minimum absolute atomic E-state index is 0.128. The molecule has 6 heteroatoms. The number of hydrogen-bond donors (Lipinski definition) is 1. The van der Waals surface area contributed by atoms with Crippen LogP contribution in [0.15, 0.2) is 0 Å². The summed E-state index contributed by atoms with van der Waals surface area (Å²) in [6, 6.07) is 0. The van der Waals surface area contributed by atoms with Crippen LogP contribution in [0.2, 0.25) is 0 Å². The summed E-state index contributed by atoms with van der Waals surface area (Å²) in [5.41, 5.74) is -0.582. The number of rotatable bonds is 2. The maximum absolute atomic E-state index is 11.7. The van der Waals surface area contributed by atoms with Crippen molar-refractivity contribution in [2.75, 3.05) is 20.2 Å². The zero-order valence-electron chi connectivity index (χ0n) is 10.6. The standard InChI is InChI=1S/C11H19NO5/c1-11(2,3)17-10(15)12-5-7(9(13)14)8(6-12)16-4/h7-8H,5-6H2,1-4H3,(H,13,14)/t7-,8+/m1/s1. The van der Waals surface area contributed by atoms with Gasteiger partial charge in [-0.2, -0.15) is 0 Å². The van der Waals surface area contributed by atoms with Crippen molar-refractivity contribution in [3.8, 4) is 0 Å². The van der Waals surface area contributed by atoms with E-state index in [1.807, 2.05) is 0 Å². The zero-order valence-corrected chi connectivity index (χ0v) is 10.6. The fourth-order valence-electron chi connectivity index (χ4n) is 1.73. The molecule has 1 fully saturated rings. The lowest BCUT2D eigenvalue weighted by atomic mass is 10.1. The van der Waals surface area contributed by atoms with Crippen LogP contribution in [-0.2, 0) is 14.3 Å². The van der Waals surface area contributed by atoms with Gasteiger partial charge in [0.15, 0.2) is 0 Å². The summed E-state index contributed by atoms with van der Waals surface area (Å²) < 4.78 is 10.2. The van der Waals surface area contributed by atoms with Gasteiger partial charge in [-0.15, -0.1) is 0 Å². The number of aliphatic carboxylic acids is 1. The van der Waals surface area contributed by atoms with E-state index in [9.17, 15) is 9.59 Å². The van der Waals surface area contributed by atoms with Gasteiger partial charge >= 0.3 is 12.1 Å². The summed E-state index contributed by atoms with van der Waals surface area (Å²) in [4.78, 5) is 24.1. The topological polar surface area (TPSA) is 76.1 Å². The summed E-state index contributed by atoms with van der Waals surface area (Å²) >= 11 is 0. The van der Waals surface area contributed by atoms with Gasteiger partial charge in [0.25, 0.3) is 0 Å². The number of amides is 1. The van der Waals surface area contributed by atoms with Crippen molar-refractivity contribution in [2.24, 2.45) is 5.92 Å². The van der Waals surface area contributed by atoms with E-state index in [-0.39, 0.29) is 13.1 Å². The van der Waals surface area contributed by atoms with Crippen molar-refractivity contribution in [1.29, 1.82) is 0 Å². The number of hydrogen-bond acceptors (Lipinski definition) is 4. The zero-order chi connectivity index (χ0) is 13.2. The van der Waals surface area contributed by atoms with Gasteiger partial charge in [-0.3, -0.25) is 4.79 Å². The van der Waals surface area contributed by atoms with Crippen molar-refractivity contribution in [3.05, 3.63) is 0 Å². The highest BCUT2D eigenvalue weighted by atomic mass is 16.6. The molecule has 0 aromatic heterocycles. The molecule has 0 bridgehead atoms. The molecule has 0 aromatic carbocycles. The highest BCUT2D eigenvalue weighted by molar-refractivity contribution is 5.75. The normalized spacial score (nSPS) is 24.8. The lowest BCUT2D eigenvalue weighted by Gasteiger charge is -2.24. The van der Waals surface area contributed by atoms with Crippen LogP contribution in [0.3, 0.4) is 0 Å². The van der Waals surface area contributed by atoms with Gasteiger partial charge in [-0.1, -0.05) is 0 Å². The Morgan fingerprint density at radius 1 is 1.29 bits per heavy atom. The highest BCUT2D eigenvalue weighted by Gasteiger charge is 2.41. The Bertz CT molecular complexity index is 309. The maximum Gasteiger partial charge on any atom is 0.410 e. The van der Waals surface area contributed by atoms with Gasteiger partial charge in [-0.25, -0.2) is 4.79 Å². The van der Waals surface area contributed by atoms with E-state index in [1.165, 1.54) is 12.0 Å². The molecule has 98 valence electrons. The second kappa shape index (κ2) is 4.91. The number of likely N-dealkylation sites (tertiary alicyclic amines) is 1. The predicted octanol–water partition coefficient (Wildman–Crippen LogP) is 0.953. The third-order valence-corrected chi connectivity index (χ3v) is 2.54. The van der Waals surface area contributed by atoms with Gasteiger partial charge < -0.3 is 19.5 Å². The van der Waals surface area contributed by atoms with E-state index in [1.54, 1.807) is 20.8 Å². The van der Waals surface area contributed by atoms with Crippen LogP contribution < -0.4 is 0 Å². The maximum atomic E-state index is 11.7. The largest absolute Gasteiger partial charge is 0.481 e. The van der Waals surface area contributed by atoms with E-state index >= 15 is 0 Å². The average Bonchev–Trinajstić information content (AvgIpc) is 2.58. The molecule has 6 nitrogen and oxygen atoms in total. The molecule has 1 N–H and O–H groups in total. The number of carboxylic acid groups (broad SMARTS) is 1. The van der Waals surface area contributed by atoms with E-state index in [4.69, 9.17) is 14.6 Å². The first-order valence-electron chi connectivity index (χ1n) is 5.48. The molecule has 0 saturated carbocycles. The van der Waals surface area contributed by atoms with Gasteiger partial charge in [0, 0.05) is 13.7 Å². The third-order valence-electron chi connectivity index (χ3n) is 2.54. The molecule has 0 aromatic rings. The Kier molecular flexibility index (Phi) is 3.98. The molecule has 0 aliphatic carbocycles. The Hall–Kier alpha value is -1.30. The number of methoxy groups -OCH3 is 1. The Morgan fingerprint density at radius 2 is 1.88 bits per heavy atom. The molecular weight excluding hydrogens is 226 g/mol. The fourth-order valence-corrected chi connectivity index (χ4v) is 1.73. The van der Waals surface area contributed by atoms with Crippen LogP contribution in [0.4, 0.5) is 4.79 Å². The Balaban J connectivity index is 2.64. The monoisotopic (exact) mass is 245 g/mol. The second-order valence-electron chi connectivity index (χ2n) is 5.10. The molecule has 0 unspecified atom stereocenters. The molecule has 1 aliphatic rings. The SMILES string of the molecule is CO[C@H]1CN(C(=O)OC(C)(C)C)C[C@H]1C(=O)O. The van der Waals surface area contributed by atoms with Crippen LogP contribution in [-0.4, -0.2) is 54.0 Å². The van der Waals surface area contributed by atoms with E-state index in [2.05, 4.69) is 0 Å². The fraction of sp³-hybridized carbons (Fsp3) is 0.818. The molecule has 1 rings (SSSR count). The Morgan fingerprint density at radius 3 is 2.24 bits per heavy atom. The Labute approximate surface area is 100 Å². The van der Waals surface area contributed by atoms with Crippen LogP contribution in [0.5, 0.6) is 0 Å².